The summed E-state index contributed by atoms with van der Waals surface area (Å²) in [6.45, 7) is 0. The fourth-order valence-corrected chi connectivity index (χ4v) is 4.01. The van der Waals surface area contributed by atoms with Gasteiger partial charge in [0.1, 0.15) is 6.04 Å². The van der Waals surface area contributed by atoms with Crippen LogP contribution >= 0.6 is 15.9 Å². The van der Waals surface area contributed by atoms with Gasteiger partial charge < -0.3 is 26.1 Å². The number of aliphatic carboxylic acids is 1. The van der Waals surface area contributed by atoms with Gasteiger partial charge in [-0.3, -0.25) is 4.79 Å². The van der Waals surface area contributed by atoms with Crippen LogP contribution in [-0.2, 0) is 22.4 Å². The van der Waals surface area contributed by atoms with Crippen molar-refractivity contribution in [3.05, 3.63) is 70.5 Å². The largest absolute Gasteiger partial charge is 0.480 e. The van der Waals surface area contributed by atoms with E-state index in [4.69, 9.17) is 5.73 Å². The van der Waals surface area contributed by atoms with Gasteiger partial charge in [0.2, 0.25) is 5.91 Å². The number of carbonyl (C=O) groups excluding carboxylic acids is 1. The second-order valence-electron chi connectivity index (χ2n) is 7.28. The summed E-state index contributed by atoms with van der Waals surface area (Å²) < 4.78 is 0.896. The molecule has 8 heteroatoms. The Morgan fingerprint density at radius 1 is 1.00 bits per heavy atom. The van der Waals surface area contributed by atoms with Crippen molar-refractivity contribution in [2.45, 2.75) is 24.9 Å². The molecule has 4 rings (SSSR count). The Bertz CT molecular complexity index is 1230. The highest BCUT2D eigenvalue weighted by Crippen LogP contribution is 2.24. The number of nitrogens with one attached hydrogen (secondary N) is 3. The number of benzene rings is 2. The van der Waals surface area contributed by atoms with Gasteiger partial charge >= 0.3 is 5.97 Å². The van der Waals surface area contributed by atoms with Crippen molar-refractivity contribution in [2.75, 3.05) is 0 Å². The molecule has 2 aromatic heterocycles. The molecule has 2 aromatic carbocycles. The number of carboxylic acid groups (broad SMARTS) is 1. The summed E-state index contributed by atoms with van der Waals surface area (Å²) in [6, 6.07) is 11.6. The predicted molar refractivity (Wildman–Crippen MR) is 119 cm³/mol. The predicted octanol–water partition coefficient (Wildman–Crippen LogP) is 3.09. The SMILES string of the molecule is N[C@@H](Cc1c[nH]c2ccccc12)C(=O)N[C@@H](Cc1c[nH]c2ccc(Br)cc12)C(=O)O. The third-order valence-corrected chi connectivity index (χ3v) is 5.71. The molecule has 0 saturated heterocycles. The zero-order valence-corrected chi connectivity index (χ0v) is 17.6. The number of fused-ring (bicyclic) bond motifs is 2. The molecule has 0 aliphatic carbocycles. The summed E-state index contributed by atoms with van der Waals surface area (Å²) in [5.74, 6) is -1.60. The van der Waals surface area contributed by atoms with Crippen LogP contribution in [-0.4, -0.2) is 39.0 Å². The average molecular weight is 469 g/mol. The van der Waals surface area contributed by atoms with E-state index in [1.165, 1.54) is 0 Å². The minimum atomic E-state index is -1.10. The number of hydrogen-bond donors (Lipinski definition) is 5. The zero-order valence-electron chi connectivity index (χ0n) is 16.0. The molecule has 0 radical (unpaired) electrons. The van der Waals surface area contributed by atoms with E-state index >= 15 is 0 Å². The van der Waals surface area contributed by atoms with Gasteiger partial charge in [0.25, 0.3) is 0 Å². The maximum absolute atomic E-state index is 12.6. The smallest absolute Gasteiger partial charge is 0.326 e. The number of H-pyrrole nitrogens is 2. The normalized spacial score (nSPS) is 13.4. The summed E-state index contributed by atoms with van der Waals surface area (Å²) in [6.07, 6.45) is 4.06. The minimum absolute atomic E-state index is 0.150. The van der Waals surface area contributed by atoms with Gasteiger partial charge in [0, 0.05) is 45.1 Å². The Hall–Kier alpha value is -3.10. The maximum Gasteiger partial charge on any atom is 0.326 e. The van der Waals surface area contributed by atoms with E-state index in [1.807, 2.05) is 48.7 Å². The fourth-order valence-electron chi connectivity index (χ4n) is 3.65. The quantitative estimate of drug-likeness (QED) is 0.285. The van der Waals surface area contributed by atoms with Crippen molar-refractivity contribution in [3.8, 4) is 0 Å². The highest BCUT2D eigenvalue weighted by atomic mass is 79.9. The molecule has 0 spiro atoms. The highest BCUT2D eigenvalue weighted by Gasteiger charge is 2.25. The molecule has 4 aromatic rings. The number of halogens is 1. The van der Waals surface area contributed by atoms with Gasteiger partial charge in [-0.25, -0.2) is 4.79 Å². The van der Waals surface area contributed by atoms with Gasteiger partial charge in [0.15, 0.2) is 0 Å². The van der Waals surface area contributed by atoms with Crippen molar-refractivity contribution in [1.29, 1.82) is 0 Å². The first-order chi connectivity index (χ1) is 14.4. The van der Waals surface area contributed by atoms with Crippen LogP contribution in [0.5, 0.6) is 0 Å². The van der Waals surface area contributed by atoms with Crippen molar-refractivity contribution in [1.82, 2.24) is 15.3 Å². The number of rotatable bonds is 7. The van der Waals surface area contributed by atoms with E-state index in [0.29, 0.717) is 6.42 Å². The number of carboxylic acids is 1. The first kappa shape index (κ1) is 20.2. The summed E-state index contributed by atoms with van der Waals surface area (Å²) in [5.41, 5.74) is 9.70. The molecule has 0 aliphatic rings. The van der Waals surface area contributed by atoms with E-state index in [-0.39, 0.29) is 6.42 Å². The van der Waals surface area contributed by atoms with Gasteiger partial charge in [0.05, 0.1) is 6.04 Å². The number of aromatic nitrogens is 2. The van der Waals surface area contributed by atoms with Crippen LogP contribution in [0.2, 0.25) is 0 Å². The maximum atomic E-state index is 12.6. The molecule has 2 heterocycles. The molecule has 0 unspecified atom stereocenters. The van der Waals surface area contributed by atoms with Gasteiger partial charge in [-0.2, -0.15) is 0 Å². The monoisotopic (exact) mass is 468 g/mol. The Labute approximate surface area is 180 Å². The highest BCUT2D eigenvalue weighted by molar-refractivity contribution is 9.10. The Balaban J connectivity index is 1.47. The average Bonchev–Trinajstić information content (AvgIpc) is 3.31. The lowest BCUT2D eigenvalue weighted by atomic mass is 10.0. The number of amides is 1. The topological polar surface area (TPSA) is 124 Å². The van der Waals surface area contributed by atoms with E-state index in [2.05, 4.69) is 31.2 Å². The van der Waals surface area contributed by atoms with Crippen molar-refractivity contribution in [2.24, 2.45) is 5.73 Å². The van der Waals surface area contributed by atoms with Crippen LogP contribution < -0.4 is 11.1 Å². The molecular formula is C22H21BrN4O3. The molecule has 2 atom stereocenters. The molecule has 30 heavy (non-hydrogen) atoms. The number of aromatic amines is 2. The van der Waals surface area contributed by atoms with Crippen LogP contribution in [0, 0.1) is 0 Å². The summed E-state index contributed by atoms with van der Waals surface area (Å²) in [4.78, 5) is 30.7. The van der Waals surface area contributed by atoms with Crippen molar-refractivity contribution >= 4 is 49.6 Å². The summed E-state index contributed by atoms with van der Waals surface area (Å²) >= 11 is 3.43. The minimum Gasteiger partial charge on any atom is -0.480 e. The molecular weight excluding hydrogens is 448 g/mol. The molecule has 0 aliphatic heterocycles. The number of nitrogens with two attached hydrogens (primary N) is 1. The lowest BCUT2D eigenvalue weighted by Gasteiger charge is -2.17. The standard InChI is InChI=1S/C22H21BrN4O3/c23-14-5-6-19-16(9-14)13(11-26-19)8-20(22(29)30)27-21(28)17(24)7-12-10-25-18-4-2-1-3-15(12)18/h1-6,9-11,17,20,25-26H,7-8,24H2,(H,27,28)(H,29,30)/t17-,20-/m0/s1. The van der Waals surface area contributed by atoms with Crippen LogP contribution in [0.1, 0.15) is 11.1 Å². The van der Waals surface area contributed by atoms with Crippen LogP contribution in [0.4, 0.5) is 0 Å². The molecule has 0 bridgehead atoms. The molecule has 0 fully saturated rings. The second kappa shape index (κ2) is 8.33. The third kappa shape index (κ3) is 4.10. The first-order valence-electron chi connectivity index (χ1n) is 9.51. The molecule has 6 N–H and O–H groups in total. The van der Waals surface area contributed by atoms with Gasteiger partial charge in [-0.15, -0.1) is 0 Å². The van der Waals surface area contributed by atoms with Crippen molar-refractivity contribution < 1.29 is 14.7 Å². The van der Waals surface area contributed by atoms with E-state index in [9.17, 15) is 14.7 Å². The number of hydrogen-bond acceptors (Lipinski definition) is 3. The second-order valence-corrected chi connectivity index (χ2v) is 8.19. The van der Waals surface area contributed by atoms with Gasteiger partial charge in [-0.05, 0) is 41.8 Å². The van der Waals surface area contributed by atoms with E-state index in [1.54, 1.807) is 6.20 Å². The lowest BCUT2D eigenvalue weighted by molar-refractivity contribution is -0.141. The third-order valence-electron chi connectivity index (χ3n) is 5.22. The van der Waals surface area contributed by atoms with Crippen molar-refractivity contribution in [3.63, 3.8) is 0 Å². The Morgan fingerprint density at radius 2 is 1.67 bits per heavy atom. The summed E-state index contributed by atoms with van der Waals surface area (Å²) in [7, 11) is 0. The Morgan fingerprint density at radius 3 is 2.40 bits per heavy atom. The van der Waals surface area contributed by atoms with Crippen LogP contribution in [0.15, 0.2) is 59.3 Å². The van der Waals surface area contributed by atoms with E-state index < -0.39 is 24.0 Å². The fraction of sp³-hybridized carbons (Fsp3) is 0.182. The number of para-hydroxylation sites is 1. The molecule has 1 amide bonds. The zero-order chi connectivity index (χ0) is 21.3. The Kier molecular flexibility index (Phi) is 5.61. The van der Waals surface area contributed by atoms with Crippen LogP contribution in [0.25, 0.3) is 21.8 Å². The first-order valence-corrected chi connectivity index (χ1v) is 10.3. The molecule has 154 valence electrons. The van der Waals surface area contributed by atoms with Crippen LogP contribution in [0.3, 0.4) is 0 Å². The molecule has 0 saturated carbocycles. The lowest BCUT2D eigenvalue weighted by Crippen LogP contribution is -2.50. The van der Waals surface area contributed by atoms with Gasteiger partial charge in [-0.1, -0.05) is 34.1 Å². The number of carbonyl (C=O) groups is 2. The van der Waals surface area contributed by atoms with E-state index in [0.717, 1.165) is 37.4 Å². The summed E-state index contributed by atoms with van der Waals surface area (Å²) in [5, 5.41) is 14.2. The molecule has 7 nitrogen and oxygen atoms in total.